The first kappa shape index (κ1) is 19.9. The van der Waals surface area contributed by atoms with E-state index in [2.05, 4.69) is 50.5 Å². The molecule has 3 rings (SSSR count). The molecule has 0 saturated carbocycles. The standard InChI is InChI=1S/C20H31N3O2Si2/c1-26(2,3)16-12-13-18(27(4,5)6)17(14-16)23-20(25)22(19(24)21-23)15-10-8-7-9-11-15/h7-11,14,17-18H,12-13H2,1-6H3,(H,21,24). The van der Waals surface area contributed by atoms with Crippen molar-refractivity contribution in [2.45, 2.75) is 63.7 Å². The van der Waals surface area contributed by atoms with Crippen LogP contribution in [0, 0.1) is 0 Å². The van der Waals surface area contributed by atoms with Gasteiger partial charge in [-0.15, -0.1) is 0 Å². The van der Waals surface area contributed by atoms with Gasteiger partial charge in [-0.2, -0.15) is 0 Å². The van der Waals surface area contributed by atoms with Crippen molar-refractivity contribution in [1.82, 2.24) is 14.3 Å². The minimum atomic E-state index is -1.52. The number of hydrogen-bond acceptors (Lipinski definition) is 2. The Kier molecular flexibility index (Phi) is 5.11. The minimum Gasteiger partial charge on any atom is -0.246 e. The van der Waals surface area contributed by atoms with Crippen LogP contribution in [0.3, 0.4) is 0 Å². The monoisotopic (exact) mass is 401 g/mol. The van der Waals surface area contributed by atoms with E-state index in [9.17, 15) is 9.59 Å². The van der Waals surface area contributed by atoms with Crippen LogP contribution in [0.2, 0.25) is 44.8 Å². The third-order valence-corrected chi connectivity index (χ3v) is 10.9. The fraction of sp³-hybridized carbons (Fsp3) is 0.500. The van der Waals surface area contributed by atoms with E-state index in [0.717, 1.165) is 12.8 Å². The highest BCUT2D eigenvalue weighted by Crippen LogP contribution is 2.44. The molecule has 0 fully saturated rings. The SMILES string of the molecule is C[Si](C)(C)C1=CC(n2[nH]c(=O)n(-c3ccccc3)c2=O)C([Si](C)(C)C)CC1. The third-order valence-electron chi connectivity index (χ3n) is 5.71. The van der Waals surface area contributed by atoms with Crippen molar-refractivity contribution in [3.05, 3.63) is 62.6 Å². The first-order valence-electron chi connectivity index (χ1n) is 9.70. The lowest BCUT2D eigenvalue weighted by Crippen LogP contribution is -2.41. The molecule has 1 aromatic carbocycles. The summed E-state index contributed by atoms with van der Waals surface area (Å²) in [7, 11) is -2.97. The molecule has 5 nitrogen and oxygen atoms in total. The summed E-state index contributed by atoms with van der Waals surface area (Å²) in [5, 5.41) is 4.36. The van der Waals surface area contributed by atoms with Gasteiger partial charge in [0.15, 0.2) is 0 Å². The van der Waals surface area contributed by atoms with Crippen LogP contribution in [0.15, 0.2) is 51.2 Å². The predicted octanol–water partition coefficient (Wildman–Crippen LogP) is 4.17. The molecule has 0 aliphatic heterocycles. The lowest BCUT2D eigenvalue weighted by Gasteiger charge is -2.40. The molecule has 7 heteroatoms. The van der Waals surface area contributed by atoms with E-state index >= 15 is 0 Å². The fourth-order valence-electron chi connectivity index (χ4n) is 4.11. The van der Waals surface area contributed by atoms with Crippen molar-refractivity contribution in [1.29, 1.82) is 0 Å². The van der Waals surface area contributed by atoms with E-state index in [-0.39, 0.29) is 17.4 Å². The Morgan fingerprint density at radius 3 is 2.19 bits per heavy atom. The Hall–Kier alpha value is -1.87. The summed E-state index contributed by atoms with van der Waals surface area (Å²) in [6.45, 7) is 14.1. The second kappa shape index (κ2) is 6.94. The van der Waals surface area contributed by atoms with Crippen molar-refractivity contribution >= 4 is 16.1 Å². The zero-order valence-electron chi connectivity index (χ0n) is 17.2. The number of nitrogens with zero attached hydrogens (tertiary/aromatic N) is 2. The van der Waals surface area contributed by atoms with Crippen molar-refractivity contribution in [2.75, 3.05) is 0 Å². The van der Waals surface area contributed by atoms with E-state index in [1.807, 2.05) is 18.2 Å². The summed E-state index contributed by atoms with van der Waals surface area (Å²) in [5.41, 5.74) is 0.399. The van der Waals surface area contributed by atoms with Crippen LogP contribution in [0.4, 0.5) is 0 Å². The highest BCUT2D eigenvalue weighted by atomic mass is 28.3. The topological polar surface area (TPSA) is 59.8 Å². The number of para-hydroxylation sites is 1. The van der Waals surface area contributed by atoms with Crippen LogP contribution in [-0.2, 0) is 0 Å². The maximum absolute atomic E-state index is 13.2. The zero-order valence-corrected chi connectivity index (χ0v) is 19.2. The number of aromatic amines is 1. The van der Waals surface area contributed by atoms with E-state index in [1.54, 1.807) is 16.8 Å². The van der Waals surface area contributed by atoms with Crippen LogP contribution in [0.25, 0.3) is 5.69 Å². The Morgan fingerprint density at radius 2 is 1.63 bits per heavy atom. The smallest absolute Gasteiger partial charge is 0.246 e. The molecule has 2 aromatic rings. The van der Waals surface area contributed by atoms with Gasteiger partial charge in [-0.05, 0) is 30.5 Å². The molecule has 0 bridgehead atoms. The number of rotatable bonds is 4. The lowest BCUT2D eigenvalue weighted by molar-refractivity contribution is 0.445. The summed E-state index contributed by atoms with van der Waals surface area (Å²) >= 11 is 0. The summed E-state index contributed by atoms with van der Waals surface area (Å²) in [6.07, 6.45) is 4.53. The molecule has 0 radical (unpaired) electrons. The molecule has 0 amide bonds. The molecule has 1 heterocycles. The quantitative estimate of drug-likeness (QED) is 0.782. The van der Waals surface area contributed by atoms with Gasteiger partial charge in [0.25, 0.3) is 0 Å². The van der Waals surface area contributed by atoms with Crippen LogP contribution in [0.5, 0.6) is 0 Å². The summed E-state index contributed by atoms with van der Waals surface area (Å²) in [4.78, 5) is 25.8. The van der Waals surface area contributed by atoms with Gasteiger partial charge in [0.05, 0.1) is 27.9 Å². The molecule has 1 aromatic heterocycles. The number of aromatic nitrogens is 3. The maximum Gasteiger partial charge on any atom is 0.352 e. The number of H-pyrrole nitrogens is 1. The van der Waals surface area contributed by atoms with Gasteiger partial charge in [0, 0.05) is 0 Å². The molecule has 1 aliphatic rings. The molecule has 27 heavy (non-hydrogen) atoms. The van der Waals surface area contributed by atoms with Gasteiger partial charge in [-0.3, -0.25) is 0 Å². The molecule has 2 atom stereocenters. The summed E-state index contributed by atoms with van der Waals surface area (Å²) in [5.74, 6) is 0. The van der Waals surface area contributed by atoms with Crippen LogP contribution >= 0.6 is 0 Å². The number of allylic oxidation sites excluding steroid dienone is 2. The van der Waals surface area contributed by atoms with Crippen LogP contribution in [0.1, 0.15) is 18.9 Å². The second-order valence-electron chi connectivity index (χ2n) is 9.68. The predicted molar refractivity (Wildman–Crippen MR) is 117 cm³/mol. The third kappa shape index (κ3) is 3.89. The number of benzene rings is 1. The van der Waals surface area contributed by atoms with Crippen molar-refractivity contribution in [3.8, 4) is 5.69 Å². The van der Waals surface area contributed by atoms with Gasteiger partial charge in [-0.25, -0.2) is 23.9 Å². The Labute approximate surface area is 162 Å². The summed E-state index contributed by atoms with van der Waals surface area (Å²) < 4.78 is 2.84. The molecule has 1 aliphatic carbocycles. The van der Waals surface area contributed by atoms with Gasteiger partial charge in [0.1, 0.15) is 0 Å². The molecule has 1 N–H and O–H groups in total. The normalized spacial score (nSPS) is 21.2. The highest BCUT2D eigenvalue weighted by molar-refractivity contribution is 6.83. The van der Waals surface area contributed by atoms with E-state index in [1.165, 1.54) is 9.76 Å². The number of hydrogen-bond donors (Lipinski definition) is 1. The molecule has 0 spiro atoms. The highest BCUT2D eigenvalue weighted by Gasteiger charge is 2.39. The largest absolute Gasteiger partial charge is 0.352 e. The average Bonchev–Trinajstić information content (AvgIpc) is 2.88. The van der Waals surface area contributed by atoms with Crippen LogP contribution in [-0.4, -0.2) is 30.5 Å². The van der Waals surface area contributed by atoms with Crippen molar-refractivity contribution < 1.29 is 0 Å². The van der Waals surface area contributed by atoms with Crippen molar-refractivity contribution in [2.24, 2.45) is 0 Å². The van der Waals surface area contributed by atoms with Gasteiger partial charge in [0.2, 0.25) is 0 Å². The van der Waals surface area contributed by atoms with E-state index in [4.69, 9.17) is 0 Å². The van der Waals surface area contributed by atoms with Gasteiger partial charge < -0.3 is 0 Å². The Morgan fingerprint density at radius 1 is 1.00 bits per heavy atom. The molecule has 2 unspecified atom stereocenters. The first-order chi connectivity index (χ1) is 12.5. The molecule has 0 saturated heterocycles. The lowest BCUT2D eigenvalue weighted by atomic mass is 10.0. The maximum atomic E-state index is 13.2. The average molecular weight is 402 g/mol. The van der Waals surface area contributed by atoms with Gasteiger partial charge >= 0.3 is 11.4 Å². The number of nitrogens with one attached hydrogen (secondary N) is 1. The second-order valence-corrected chi connectivity index (χ2v) is 20.3. The van der Waals surface area contributed by atoms with Crippen LogP contribution < -0.4 is 11.4 Å². The minimum absolute atomic E-state index is 0.0581. The Bertz CT molecular complexity index is 956. The molecular formula is C20H31N3O2Si2. The summed E-state index contributed by atoms with van der Waals surface area (Å²) in [6, 6.07) is 9.09. The molecule has 146 valence electrons. The zero-order chi connectivity index (χ0) is 20.0. The van der Waals surface area contributed by atoms with Gasteiger partial charge in [-0.1, -0.05) is 68.8 Å². The van der Waals surface area contributed by atoms with E-state index < -0.39 is 16.1 Å². The fourth-order valence-corrected chi connectivity index (χ4v) is 7.96. The molecular weight excluding hydrogens is 370 g/mol. The van der Waals surface area contributed by atoms with E-state index in [0.29, 0.717) is 11.2 Å². The van der Waals surface area contributed by atoms with Crippen molar-refractivity contribution in [3.63, 3.8) is 0 Å². The first-order valence-corrected chi connectivity index (χ1v) is 16.8. The Balaban J connectivity index is 2.17.